The van der Waals surface area contributed by atoms with Crippen molar-refractivity contribution in [2.45, 2.75) is 46.4 Å². The van der Waals surface area contributed by atoms with Crippen LogP contribution in [0, 0.1) is 0 Å². The molecule has 3 aromatic carbocycles. The fourth-order valence-electron chi connectivity index (χ4n) is 4.92. The van der Waals surface area contributed by atoms with Crippen molar-refractivity contribution < 1.29 is 19.0 Å². The second-order valence-electron chi connectivity index (χ2n) is 10.3. The van der Waals surface area contributed by atoms with Gasteiger partial charge in [-0.2, -0.15) is 0 Å². The van der Waals surface area contributed by atoms with E-state index in [0.29, 0.717) is 57.2 Å². The van der Waals surface area contributed by atoms with Crippen LogP contribution in [0.2, 0.25) is 15.1 Å². The molecule has 0 amide bonds. The van der Waals surface area contributed by atoms with Crippen LogP contribution in [0.25, 0.3) is 6.08 Å². The highest BCUT2D eigenvalue weighted by Crippen LogP contribution is 2.37. The Morgan fingerprint density at radius 2 is 1.87 bits per heavy atom. The van der Waals surface area contributed by atoms with Crippen LogP contribution in [0.15, 0.2) is 80.1 Å². The first-order chi connectivity index (χ1) is 21.5. The molecule has 1 aliphatic rings. The molecule has 2 heterocycles. The molecule has 0 fully saturated rings. The van der Waals surface area contributed by atoms with Crippen LogP contribution < -0.4 is 24.4 Å². The van der Waals surface area contributed by atoms with E-state index in [1.54, 1.807) is 44.2 Å². The number of benzene rings is 3. The molecule has 45 heavy (non-hydrogen) atoms. The van der Waals surface area contributed by atoms with Gasteiger partial charge in [0.2, 0.25) is 0 Å². The first-order valence-electron chi connectivity index (χ1n) is 14.0. The lowest BCUT2D eigenvalue weighted by Gasteiger charge is -2.26. The standard InChI is InChI=1S/C33H28BrCl3N2O5S/c1-5-42-32(41)28-18(4)38-33-39(29(28)22-8-6-7-9-26(22)44-17(2)3)31(40)27(45-33)14-20-13-21(35)15-23(34)30(20)43-16-19-10-11-24(36)25(37)12-19/h6-15,17,29H,5,16H2,1-4H3/b27-14-/t29-/m1/s1. The van der Waals surface area contributed by atoms with Gasteiger partial charge in [0.05, 0.1) is 43.0 Å². The highest BCUT2D eigenvalue weighted by molar-refractivity contribution is 9.10. The number of thiazole rings is 1. The van der Waals surface area contributed by atoms with Crippen molar-refractivity contribution in [2.24, 2.45) is 4.99 Å². The van der Waals surface area contributed by atoms with Gasteiger partial charge in [0.15, 0.2) is 4.80 Å². The molecule has 1 atom stereocenters. The van der Waals surface area contributed by atoms with E-state index in [9.17, 15) is 9.59 Å². The third-order valence-electron chi connectivity index (χ3n) is 6.78. The average Bonchev–Trinajstić information content (AvgIpc) is 3.27. The normalized spacial score (nSPS) is 14.8. The van der Waals surface area contributed by atoms with Crippen LogP contribution in [0.1, 0.15) is 50.4 Å². The van der Waals surface area contributed by atoms with Gasteiger partial charge in [-0.25, -0.2) is 9.79 Å². The second-order valence-corrected chi connectivity index (χ2v) is 13.5. The number of hydrogen-bond acceptors (Lipinski definition) is 7. The van der Waals surface area contributed by atoms with Gasteiger partial charge in [-0.3, -0.25) is 9.36 Å². The summed E-state index contributed by atoms with van der Waals surface area (Å²) in [5.41, 5.74) is 2.41. The van der Waals surface area contributed by atoms with Gasteiger partial charge in [-0.15, -0.1) is 0 Å². The predicted octanol–water partition coefficient (Wildman–Crippen LogP) is 7.89. The third-order valence-corrected chi connectivity index (χ3v) is 9.31. The summed E-state index contributed by atoms with van der Waals surface area (Å²) in [5, 5.41) is 1.31. The summed E-state index contributed by atoms with van der Waals surface area (Å²) in [4.78, 5) is 32.7. The van der Waals surface area contributed by atoms with E-state index in [4.69, 9.17) is 49.0 Å². The number of nitrogens with zero attached hydrogens (tertiary/aromatic N) is 2. The molecule has 1 aromatic heterocycles. The summed E-state index contributed by atoms with van der Waals surface area (Å²) >= 11 is 23.5. The Bertz CT molecular complexity index is 2000. The van der Waals surface area contributed by atoms with Crippen molar-refractivity contribution in [1.82, 2.24) is 4.57 Å². The van der Waals surface area contributed by atoms with E-state index < -0.39 is 12.0 Å². The summed E-state index contributed by atoms with van der Waals surface area (Å²) < 4.78 is 20.2. The van der Waals surface area contributed by atoms with Crippen LogP contribution in [0.3, 0.4) is 0 Å². The van der Waals surface area contributed by atoms with E-state index >= 15 is 0 Å². The molecule has 5 rings (SSSR count). The monoisotopic (exact) mass is 748 g/mol. The quantitative estimate of drug-likeness (QED) is 0.163. The Morgan fingerprint density at radius 3 is 2.58 bits per heavy atom. The zero-order valence-electron chi connectivity index (χ0n) is 24.7. The van der Waals surface area contributed by atoms with Crippen molar-refractivity contribution in [3.63, 3.8) is 0 Å². The molecule has 0 saturated carbocycles. The van der Waals surface area contributed by atoms with Gasteiger partial charge in [-0.1, -0.05) is 70.4 Å². The van der Waals surface area contributed by atoms with E-state index in [1.807, 2.05) is 44.2 Å². The number of aromatic nitrogens is 1. The van der Waals surface area contributed by atoms with Crippen LogP contribution in [-0.4, -0.2) is 23.2 Å². The fourth-order valence-corrected chi connectivity index (χ4v) is 7.23. The summed E-state index contributed by atoms with van der Waals surface area (Å²) in [6.07, 6.45) is 1.57. The van der Waals surface area contributed by atoms with Crippen LogP contribution in [0.5, 0.6) is 11.5 Å². The number of carbonyl (C=O) groups excluding carboxylic acids is 1. The Kier molecular flexibility index (Phi) is 10.5. The molecule has 234 valence electrons. The first-order valence-corrected chi connectivity index (χ1v) is 16.7. The summed E-state index contributed by atoms with van der Waals surface area (Å²) in [6.45, 7) is 7.67. The minimum atomic E-state index is -0.825. The Balaban J connectivity index is 1.66. The molecule has 0 radical (unpaired) electrons. The number of allylic oxidation sites excluding steroid dienone is 1. The number of halogens is 4. The van der Waals surface area contributed by atoms with Crippen molar-refractivity contribution in [2.75, 3.05) is 6.61 Å². The van der Waals surface area contributed by atoms with E-state index in [2.05, 4.69) is 20.9 Å². The molecular formula is C33H28BrCl3N2O5S. The van der Waals surface area contributed by atoms with Gasteiger partial charge in [0.1, 0.15) is 24.1 Å². The first kappa shape index (κ1) is 33.3. The van der Waals surface area contributed by atoms with Gasteiger partial charge in [-0.05, 0) is 85.6 Å². The van der Waals surface area contributed by atoms with Gasteiger partial charge in [0.25, 0.3) is 5.56 Å². The van der Waals surface area contributed by atoms with Crippen molar-refractivity contribution in [1.29, 1.82) is 0 Å². The molecule has 1 aliphatic heterocycles. The molecular weight excluding hydrogens is 723 g/mol. The fraction of sp³-hybridized carbons (Fsp3) is 0.242. The van der Waals surface area contributed by atoms with Crippen LogP contribution >= 0.6 is 62.1 Å². The van der Waals surface area contributed by atoms with Crippen molar-refractivity contribution in [3.8, 4) is 11.5 Å². The summed E-state index contributed by atoms with van der Waals surface area (Å²) in [6, 6.07) is 15.2. The maximum absolute atomic E-state index is 14.3. The lowest BCUT2D eigenvalue weighted by molar-refractivity contribution is -0.139. The number of fused-ring (bicyclic) bond motifs is 1. The molecule has 12 heteroatoms. The highest BCUT2D eigenvalue weighted by atomic mass is 79.9. The maximum Gasteiger partial charge on any atom is 0.338 e. The van der Waals surface area contributed by atoms with E-state index in [1.165, 1.54) is 15.9 Å². The number of hydrogen-bond donors (Lipinski definition) is 0. The van der Waals surface area contributed by atoms with Crippen molar-refractivity contribution in [3.05, 3.63) is 122 Å². The largest absolute Gasteiger partial charge is 0.491 e. The lowest BCUT2D eigenvalue weighted by Crippen LogP contribution is -2.40. The van der Waals surface area contributed by atoms with Gasteiger partial charge < -0.3 is 14.2 Å². The molecule has 0 N–H and O–H groups in total. The van der Waals surface area contributed by atoms with Crippen LogP contribution in [-0.2, 0) is 16.1 Å². The van der Waals surface area contributed by atoms with Gasteiger partial charge in [0, 0.05) is 16.1 Å². The molecule has 0 spiro atoms. The number of esters is 1. The molecule has 0 unspecified atom stereocenters. The number of ether oxygens (including phenoxy) is 3. The number of carbonyl (C=O) groups is 1. The highest BCUT2D eigenvalue weighted by Gasteiger charge is 2.35. The summed E-state index contributed by atoms with van der Waals surface area (Å²) in [7, 11) is 0. The smallest absolute Gasteiger partial charge is 0.338 e. The second kappa shape index (κ2) is 14.1. The Hall–Kier alpha value is -3.08. The average molecular weight is 751 g/mol. The SMILES string of the molecule is CCOC(=O)C1=C(C)N=c2s/c(=C\c3cc(Cl)cc(Br)c3OCc3ccc(Cl)c(Cl)c3)c(=O)n2[C@@H]1c1ccccc1OC(C)C. The van der Waals surface area contributed by atoms with E-state index in [-0.39, 0.29) is 30.5 Å². The predicted molar refractivity (Wildman–Crippen MR) is 183 cm³/mol. The Labute approximate surface area is 287 Å². The van der Waals surface area contributed by atoms with Crippen molar-refractivity contribution >= 4 is 74.1 Å². The summed E-state index contributed by atoms with van der Waals surface area (Å²) in [5.74, 6) is 0.487. The van der Waals surface area contributed by atoms with Gasteiger partial charge >= 0.3 is 5.97 Å². The maximum atomic E-state index is 14.3. The number of rotatable bonds is 9. The zero-order valence-corrected chi connectivity index (χ0v) is 29.4. The minimum absolute atomic E-state index is 0.137. The van der Waals surface area contributed by atoms with E-state index in [0.717, 1.165) is 5.56 Å². The Morgan fingerprint density at radius 1 is 1.11 bits per heavy atom. The molecule has 0 saturated heterocycles. The number of para-hydroxylation sites is 1. The van der Waals surface area contributed by atoms with Crippen LogP contribution in [0.4, 0.5) is 0 Å². The molecule has 0 bridgehead atoms. The molecule has 7 nitrogen and oxygen atoms in total. The topological polar surface area (TPSA) is 79.1 Å². The minimum Gasteiger partial charge on any atom is -0.491 e. The zero-order chi connectivity index (χ0) is 32.4. The molecule has 4 aromatic rings. The third kappa shape index (κ3) is 7.18. The lowest BCUT2D eigenvalue weighted by atomic mass is 9.95. The molecule has 0 aliphatic carbocycles.